The molecule has 0 saturated carbocycles. The van der Waals surface area contributed by atoms with Gasteiger partial charge in [-0.05, 0) is 12.5 Å². The lowest BCUT2D eigenvalue weighted by Gasteiger charge is -2.09. The van der Waals surface area contributed by atoms with Crippen LogP contribution in [-0.4, -0.2) is 27.0 Å². The van der Waals surface area contributed by atoms with Gasteiger partial charge in [-0.25, -0.2) is 0 Å². The second kappa shape index (κ2) is 4.98. The van der Waals surface area contributed by atoms with Crippen LogP contribution in [0, 0.1) is 5.92 Å². The molecule has 1 atom stereocenters. The van der Waals surface area contributed by atoms with Crippen molar-refractivity contribution in [1.82, 2.24) is 0 Å². The van der Waals surface area contributed by atoms with E-state index in [0.29, 0.717) is 0 Å². The number of nitrogens with two attached hydrogens (primary N) is 1. The van der Waals surface area contributed by atoms with Crippen LogP contribution < -0.4 is 5.73 Å². The highest BCUT2D eigenvalue weighted by Gasteiger charge is 2.16. The van der Waals surface area contributed by atoms with E-state index in [9.17, 15) is 13.2 Å². The first kappa shape index (κ1) is 12.1. The van der Waals surface area contributed by atoms with Crippen molar-refractivity contribution >= 4 is 16.4 Å². The third kappa shape index (κ3) is 5.37. The SMILES string of the molecule is C=C(C=O)OS(=O)(=O)CC(C)CN. The van der Waals surface area contributed by atoms with E-state index >= 15 is 0 Å². The van der Waals surface area contributed by atoms with Crippen LogP contribution >= 0.6 is 0 Å². The molecule has 1 unspecified atom stereocenters. The van der Waals surface area contributed by atoms with Crippen LogP contribution in [0.2, 0.25) is 0 Å². The van der Waals surface area contributed by atoms with Gasteiger partial charge >= 0.3 is 10.1 Å². The number of carbonyl (C=O) groups excluding carboxylic acids is 1. The molecule has 0 saturated heterocycles. The average molecular weight is 207 g/mol. The normalized spacial score (nSPS) is 13.4. The van der Waals surface area contributed by atoms with E-state index in [0.717, 1.165) is 0 Å². The highest BCUT2D eigenvalue weighted by Crippen LogP contribution is 2.05. The summed E-state index contributed by atoms with van der Waals surface area (Å²) in [6.45, 7) is 5.01. The van der Waals surface area contributed by atoms with Crippen LogP contribution in [0.15, 0.2) is 12.3 Å². The zero-order chi connectivity index (χ0) is 10.5. The Morgan fingerprint density at radius 3 is 2.62 bits per heavy atom. The number of hydrogen-bond donors (Lipinski definition) is 1. The highest BCUT2D eigenvalue weighted by molar-refractivity contribution is 7.86. The molecule has 0 aliphatic rings. The van der Waals surface area contributed by atoms with Crippen molar-refractivity contribution in [2.75, 3.05) is 12.3 Å². The van der Waals surface area contributed by atoms with Gasteiger partial charge in [0.1, 0.15) is 0 Å². The molecule has 6 heteroatoms. The first-order valence-corrected chi connectivity index (χ1v) is 5.25. The van der Waals surface area contributed by atoms with Crippen molar-refractivity contribution in [3.63, 3.8) is 0 Å². The van der Waals surface area contributed by atoms with Gasteiger partial charge in [0.15, 0.2) is 12.0 Å². The lowest BCUT2D eigenvalue weighted by molar-refractivity contribution is -0.106. The van der Waals surface area contributed by atoms with Gasteiger partial charge in [-0.2, -0.15) is 8.42 Å². The fraction of sp³-hybridized carbons (Fsp3) is 0.571. The minimum atomic E-state index is -3.72. The molecule has 0 aromatic rings. The maximum Gasteiger partial charge on any atom is 0.309 e. The summed E-state index contributed by atoms with van der Waals surface area (Å²) < 4.78 is 26.5. The third-order valence-corrected chi connectivity index (χ3v) is 2.70. The Bertz CT molecular complexity index is 283. The van der Waals surface area contributed by atoms with Crippen molar-refractivity contribution < 1.29 is 17.4 Å². The molecule has 0 aliphatic heterocycles. The molecule has 0 amide bonds. The minimum absolute atomic E-state index is 0.204. The molecule has 0 rings (SSSR count). The van der Waals surface area contributed by atoms with Crippen molar-refractivity contribution in [1.29, 1.82) is 0 Å². The van der Waals surface area contributed by atoms with E-state index in [1.165, 1.54) is 0 Å². The molecule has 2 N–H and O–H groups in total. The van der Waals surface area contributed by atoms with Crippen LogP contribution in [-0.2, 0) is 19.1 Å². The van der Waals surface area contributed by atoms with Gasteiger partial charge in [-0.15, -0.1) is 0 Å². The molecule has 0 radical (unpaired) electrons. The second-order valence-corrected chi connectivity index (χ2v) is 4.35. The van der Waals surface area contributed by atoms with Crippen molar-refractivity contribution in [3.05, 3.63) is 12.3 Å². The predicted molar refractivity (Wildman–Crippen MR) is 48.3 cm³/mol. The zero-order valence-electron chi connectivity index (χ0n) is 7.39. The first-order chi connectivity index (χ1) is 5.91. The van der Waals surface area contributed by atoms with E-state index in [2.05, 4.69) is 10.8 Å². The van der Waals surface area contributed by atoms with E-state index in [-0.39, 0.29) is 24.5 Å². The fourth-order valence-electron chi connectivity index (χ4n) is 0.633. The van der Waals surface area contributed by atoms with Gasteiger partial charge in [-0.1, -0.05) is 13.5 Å². The summed E-state index contributed by atoms with van der Waals surface area (Å²) in [5.41, 5.74) is 5.23. The summed E-state index contributed by atoms with van der Waals surface area (Å²) in [5.74, 6) is -0.829. The van der Waals surface area contributed by atoms with Crippen molar-refractivity contribution in [3.8, 4) is 0 Å². The van der Waals surface area contributed by atoms with Crippen LogP contribution in [0.1, 0.15) is 6.92 Å². The number of allylic oxidation sites excluding steroid dienone is 1. The largest absolute Gasteiger partial charge is 0.380 e. The maximum atomic E-state index is 11.1. The molecule has 0 spiro atoms. The van der Waals surface area contributed by atoms with Gasteiger partial charge in [0, 0.05) is 0 Å². The van der Waals surface area contributed by atoms with Crippen LogP contribution in [0.5, 0.6) is 0 Å². The first-order valence-electron chi connectivity index (χ1n) is 3.67. The van der Waals surface area contributed by atoms with E-state index in [4.69, 9.17) is 5.73 Å². The zero-order valence-corrected chi connectivity index (χ0v) is 8.21. The lowest BCUT2D eigenvalue weighted by atomic mass is 10.2. The number of carbonyl (C=O) groups is 1. The topological polar surface area (TPSA) is 86.5 Å². The molecule has 76 valence electrons. The van der Waals surface area contributed by atoms with Gasteiger partial charge in [0.2, 0.25) is 0 Å². The molecular weight excluding hydrogens is 194 g/mol. The standard InChI is InChI=1S/C7H13NO4S/c1-6(3-8)5-13(10,11)12-7(2)4-9/h4,6H,2-3,5,8H2,1H3. The molecule has 0 bridgehead atoms. The monoisotopic (exact) mass is 207 g/mol. The van der Waals surface area contributed by atoms with E-state index in [1.807, 2.05) is 0 Å². The Hall–Kier alpha value is -0.880. The number of rotatable bonds is 6. The molecule has 5 nitrogen and oxygen atoms in total. The molecule has 0 fully saturated rings. The molecule has 0 heterocycles. The van der Waals surface area contributed by atoms with Gasteiger partial charge in [-0.3, -0.25) is 4.79 Å². The third-order valence-electron chi connectivity index (χ3n) is 1.26. The van der Waals surface area contributed by atoms with Crippen molar-refractivity contribution in [2.45, 2.75) is 6.92 Å². The number of hydrogen-bond acceptors (Lipinski definition) is 5. The highest BCUT2D eigenvalue weighted by atomic mass is 32.2. The van der Waals surface area contributed by atoms with Crippen molar-refractivity contribution in [2.24, 2.45) is 11.7 Å². The van der Waals surface area contributed by atoms with Crippen LogP contribution in [0.25, 0.3) is 0 Å². The summed E-state index contributed by atoms with van der Waals surface area (Å²) >= 11 is 0. The summed E-state index contributed by atoms with van der Waals surface area (Å²) in [5, 5.41) is 0. The number of aldehydes is 1. The maximum absolute atomic E-state index is 11.1. The molecule has 0 aromatic carbocycles. The summed E-state index contributed by atoms with van der Waals surface area (Å²) in [7, 11) is -3.72. The Labute approximate surface area is 77.7 Å². The van der Waals surface area contributed by atoms with Crippen LogP contribution in [0.3, 0.4) is 0 Å². The smallest absolute Gasteiger partial charge is 0.309 e. The Balaban J connectivity index is 4.25. The summed E-state index contributed by atoms with van der Waals surface area (Å²) in [4.78, 5) is 10.0. The Morgan fingerprint density at radius 2 is 2.23 bits per heavy atom. The molecular formula is C7H13NO4S. The van der Waals surface area contributed by atoms with Gasteiger partial charge in [0.05, 0.1) is 5.75 Å². The molecule has 0 aliphatic carbocycles. The van der Waals surface area contributed by atoms with Gasteiger partial charge in [0.25, 0.3) is 0 Å². The summed E-state index contributed by atoms with van der Waals surface area (Å²) in [6, 6.07) is 0. The quantitative estimate of drug-likeness (QED) is 0.278. The Kier molecular flexibility index (Phi) is 4.64. The Morgan fingerprint density at radius 1 is 1.69 bits per heavy atom. The molecule has 0 aromatic heterocycles. The fourth-order valence-corrected chi connectivity index (χ4v) is 1.90. The lowest BCUT2D eigenvalue weighted by Crippen LogP contribution is -2.22. The van der Waals surface area contributed by atoms with E-state index in [1.54, 1.807) is 6.92 Å². The predicted octanol–water partition coefficient (Wildman–Crippen LogP) is -0.360. The van der Waals surface area contributed by atoms with Crippen LogP contribution in [0.4, 0.5) is 0 Å². The average Bonchev–Trinajstić information content (AvgIpc) is 2.02. The summed E-state index contributed by atoms with van der Waals surface area (Å²) in [6.07, 6.45) is 0.241. The minimum Gasteiger partial charge on any atom is -0.380 e. The second-order valence-electron chi connectivity index (χ2n) is 2.73. The molecule has 13 heavy (non-hydrogen) atoms. The van der Waals surface area contributed by atoms with Gasteiger partial charge < -0.3 is 9.92 Å². The van der Waals surface area contributed by atoms with E-state index < -0.39 is 15.9 Å².